The van der Waals surface area contributed by atoms with Crippen molar-refractivity contribution in [2.45, 2.75) is 62.2 Å². The molecule has 4 unspecified atom stereocenters. The maximum atomic E-state index is 13.0. The Labute approximate surface area is 176 Å². The highest BCUT2D eigenvalue weighted by Crippen LogP contribution is 2.39. The average Bonchev–Trinajstić information content (AvgIpc) is 3.17. The monoisotopic (exact) mass is 414 g/mol. The molecule has 2 amide bonds. The van der Waals surface area contributed by atoms with Crippen molar-refractivity contribution in [2.75, 3.05) is 6.54 Å². The number of carbonyl (C=O) groups excluding carboxylic acids is 3. The summed E-state index contributed by atoms with van der Waals surface area (Å²) in [7, 11) is 0. The van der Waals surface area contributed by atoms with Crippen LogP contribution in [0, 0.1) is 5.41 Å². The minimum absolute atomic E-state index is 0.0206. The third-order valence-corrected chi connectivity index (χ3v) is 6.03. The Kier molecular flexibility index (Phi) is 7.04. The first-order valence-corrected chi connectivity index (χ1v) is 10.4. The lowest BCUT2D eigenvalue weighted by Crippen LogP contribution is -2.60. The van der Waals surface area contributed by atoms with E-state index in [1.54, 1.807) is 4.90 Å². The fourth-order valence-corrected chi connectivity index (χ4v) is 4.53. The van der Waals surface area contributed by atoms with Crippen LogP contribution in [0.15, 0.2) is 30.3 Å². The van der Waals surface area contributed by atoms with Gasteiger partial charge in [0.15, 0.2) is 5.96 Å². The van der Waals surface area contributed by atoms with Crippen LogP contribution >= 0.6 is 0 Å². The van der Waals surface area contributed by atoms with Gasteiger partial charge in [0.2, 0.25) is 11.8 Å². The number of amides is 2. The minimum Gasteiger partial charge on any atom is -0.370 e. The molecule has 1 aromatic carbocycles. The van der Waals surface area contributed by atoms with Crippen LogP contribution in [-0.4, -0.2) is 59.7 Å². The van der Waals surface area contributed by atoms with E-state index in [0.29, 0.717) is 32.1 Å². The summed E-state index contributed by atoms with van der Waals surface area (Å²) in [5.74, 6) is -0.704. The van der Waals surface area contributed by atoms with Crippen molar-refractivity contribution < 1.29 is 14.4 Å². The number of aldehydes is 1. The third kappa shape index (κ3) is 4.79. The van der Waals surface area contributed by atoms with Gasteiger partial charge in [-0.2, -0.15) is 0 Å². The molecule has 0 saturated carbocycles. The van der Waals surface area contributed by atoms with Gasteiger partial charge in [0.05, 0.1) is 12.1 Å². The van der Waals surface area contributed by atoms with Crippen molar-refractivity contribution >= 4 is 24.1 Å². The Balaban J connectivity index is 1.60. The van der Waals surface area contributed by atoms with Gasteiger partial charge in [-0.1, -0.05) is 30.3 Å². The normalized spacial score (nSPS) is 26.6. The second-order valence-electron chi connectivity index (χ2n) is 8.00. The van der Waals surface area contributed by atoms with E-state index in [4.69, 9.17) is 16.9 Å². The van der Waals surface area contributed by atoms with Gasteiger partial charge in [-0.25, -0.2) is 0 Å². The van der Waals surface area contributed by atoms with E-state index in [-0.39, 0.29) is 29.7 Å². The molecule has 2 saturated heterocycles. The maximum Gasteiger partial charge on any atom is 0.243 e. The molecule has 7 N–H and O–H groups in total. The van der Waals surface area contributed by atoms with Crippen molar-refractivity contribution in [3.8, 4) is 0 Å². The molecule has 3 rings (SSSR count). The number of rotatable bonds is 8. The van der Waals surface area contributed by atoms with E-state index in [0.717, 1.165) is 18.4 Å². The fourth-order valence-electron chi connectivity index (χ4n) is 4.53. The van der Waals surface area contributed by atoms with Crippen LogP contribution in [0.3, 0.4) is 0 Å². The van der Waals surface area contributed by atoms with Crippen molar-refractivity contribution in [1.82, 2.24) is 15.5 Å². The lowest BCUT2D eigenvalue weighted by molar-refractivity contribution is -0.145. The summed E-state index contributed by atoms with van der Waals surface area (Å²) in [6.45, 7) is 0.446. The van der Waals surface area contributed by atoms with Crippen molar-refractivity contribution in [1.29, 1.82) is 5.41 Å². The maximum absolute atomic E-state index is 13.0. The van der Waals surface area contributed by atoms with Gasteiger partial charge in [-0.05, 0) is 37.7 Å². The second-order valence-corrected chi connectivity index (χ2v) is 8.00. The molecule has 162 valence electrons. The SMILES string of the molecule is N=C(N)NCCC[C@@H](C=O)NC(=O)C1CCC2CC(c3ccccc3)C(N)C(=O)N21. The van der Waals surface area contributed by atoms with Gasteiger partial charge in [-0.3, -0.25) is 15.0 Å². The molecule has 0 radical (unpaired) electrons. The van der Waals surface area contributed by atoms with Crippen molar-refractivity contribution in [3.05, 3.63) is 35.9 Å². The lowest BCUT2D eigenvalue weighted by Gasteiger charge is -2.41. The van der Waals surface area contributed by atoms with Gasteiger partial charge in [-0.15, -0.1) is 0 Å². The zero-order valence-corrected chi connectivity index (χ0v) is 16.9. The predicted molar refractivity (Wildman–Crippen MR) is 113 cm³/mol. The highest BCUT2D eigenvalue weighted by atomic mass is 16.2. The molecule has 0 aromatic heterocycles. The Hall–Kier alpha value is -2.94. The van der Waals surface area contributed by atoms with Crippen LogP contribution in [-0.2, 0) is 14.4 Å². The van der Waals surface area contributed by atoms with Gasteiger partial charge in [0.1, 0.15) is 12.3 Å². The Morgan fingerprint density at radius 1 is 1.30 bits per heavy atom. The van der Waals surface area contributed by atoms with Crippen molar-refractivity contribution in [3.63, 3.8) is 0 Å². The molecule has 0 spiro atoms. The number of guanidine groups is 1. The molecule has 9 nitrogen and oxygen atoms in total. The molecule has 5 atom stereocenters. The topological polar surface area (TPSA) is 154 Å². The molecular formula is C21H30N6O3. The quantitative estimate of drug-likeness (QED) is 0.172. The van der Waals surface area contributed by atoms with Crippen LogP contribution in [0.25, 0.3) is 0 Å². The molecule has 0 aliphatic carbocycles. The summed E-state index contributed by atoms with van der Waals surface area (Å²) in [6, 6.07) is 7.85. The summed E-state index contributed by atoms with van der Waals surface area (Å²) in [5, 5.41) is 12.5. The zero-order chi connectivity index (χ0) is 21.7. The molecule has 1 aromatic rings. The number of carbonyl (C=O) groups is 3. The van der Waals surface area contributed by atoms with Gasteiger partial charge >= 0.3 is 0 Å². The van der Waals surface area contributed by atoms with Crippen LogP contribution in [0.4, 0.5) is 0 Å². The van der Waals surface area contributed by atoms with Gasteiger partial charge in [0, 0.05) is 18.5 Å². The molecule has 2 heterocycles. The molecule has 0 bridgehead atoms. The number of fused-ring (bicyclic) bond motifs is 1. The smallest absolute Gasteiger partial charge is 0.243 e. The van der Waals surface area contributed by atoms with E-state index < -0.39 is 18.1 Å². The molecule has 30 heavy (non-hydrogen) atoms. The summed E-state index contributed by atoms with van der Waals surface area (Å²) in [4.78, 5) is 38.9. The zero-order valence-electron chi connectivity index (χ0n) is 16.9. The number of hydrogen-bond acceptors (Lipinski definition) is 5. The number of piperidine rings is 1. The largest absolute Gasteiger partial charge is 0.370 e. The predicted octanol–water partition coefficient (Wildman–Crippen LogP) is -0.192. The van der Waals surface area contributed by atoms with E-state index in [1.165, 1.54) is 0 Å². The van der Waals surface area contributed by atoms with Gasteiger partial charge < -0.3 is 31.8 Å². The fraction of sp³-hybridized carbons (Fsp3) is 0.524. The molecule has 9 heteroatoms. The van der Waals surface area contributed by atoms with Crippen LogP contribution in [0.5, 0.6) is 0 Å². The minimum atomic E-state index is -0.684. The summed E-state index contributed by atoms with van der Waals surface area (Å²) in [5.41, 5.74) is 12.6. The number of nitrogens with one attached hydrogen (secondary N) is 3. The van der Waals surface area contributed by atoms with Gasteiger partial charge in [0.25, 0.3) is 0 Å². The summed E-state index contributed by atoms with van der Waals surface area (Å²) in [6.07, 6.45) is 3.74. The first kappa shape index (κ1) is 21.8. The summed E-state index contributed by atoms with van der Waals surface area (Å²) < 4.78 is 0. The highest BCUT2D eigenvalue weighted by Gasteiger charge is 2.48. The Bertz CT molecular complexity index is 786. The van der Waals surface area contributed by atoms with E-state index >= 15 is 0 Å². The first-order chi connectivity index (χ1) is 14.4. The lowest BCUT2D eigenvalue weighted by atomic mass is 9.82. The van der Waals surface area contributed by atoms with E-state index in [1.807, 2.05) is 30.3 Å². The van der Waals surface area contributed by atoms with Crippen molar-refractivity contribution in [2.24, 2.45) is 11.5 Å². The molecule has 2 fully saturated rings. The molecular weight excluding hydrogens is 384 g/mol. The Morgan fingerprint density at radius 2 is 2.03 bits per heavy atom. The molecule has 2 aliphatic heterocycles. The average molecular weight is 415 g/mol. The van der Waals surface area contributed by atoms with Crippen LogP contribution < -0.4 is 22.1 Å². The highest BCUT2D eigenvalue weighted by molar-refractivity contribution is 5.92. The van der Waals surface area contributed by atoms with E-state index in [2.05, 4.69) is 10.6 Å². The number of hydrogen-bond donors (Lipinski definition) is 5. The first-order valence-electron chi connectivity index (χ1n) is 10.4. The number of benzene rings is 1. The number of nitrogens with two attached hydrogens (primary N) is 2. The number of nitrogens with zero attached hydrogens (tertiary/aromatic N) is 1. The standard InChI is InChI=1S/C21H30N6O3/c22-18-16(13-5-2-1-3-6-13)11-15-8-9-17(27(15)20(18)30)19(29)26-14(12-28)7-4-10-25-21(23)24/h1-3,5-6,12,14-18H,4,7-11,22H2,(H,26,29)(H4,23,24,25)/t14-,15?,16?,17?,18?/m0/s1. The van der Waals surface area contributed by atoms with Crippen LogP contribution in [0.1, 0.15) is 43.6 Å². The van der Waals surface area contributed by atoms with E-state index in [9.17, 15) is 14.4 Å². The summed E-state index contributed by atoms with van der Waals surface area (Å²) >= 11 is 0. The van der Waals surface area contributed by atoms with Crippen LogP contribution in [0.2, 0.25) is 0 Å². The third-order valence-electron chi connectivity index (χ3n) is 6.03. The Morgan fingerprint density at radius 3 is 2.70 bits per heavy atom. The molecule has 2 aliphatic rings. The second kappa shape index (κ2) is 9.71.